The molecule has 18 heavy (non-hydrogen) atoms. The molecule has 0 aliphatic heterocycles. The number of carbonyl (C=O) groups excluding carboxylic acids is 1. The molecule has 0 fully saturated rings. The van der Waals surface area contributed by atoms with Gasteiger partial charge in [0.05, 0.1) is 11.3 Å². The predicted molar refractivity (Wildman–Crippen MR) is 67.5 cm³/mol. The average molecular weight is 245 g/mol. The number of aromatic nitrogens is 4. The molecular weight excluding hydrogens is 230 g/mol. The van der Waals surface area contributed by atoms with Crippen molar-refractivity contribution in [3.63, 3.8) is 0 Å². The van der Waals surface area contributed by atoms with E-state index in [1.54, 1.807) is 13.8 Å². The summed E-state index contributed by atoms with van der Waals surface area (Å²) < 4.78 is 0. The highest BCUT2D eigenvalue weighted by Gasteiger charge is 2.16. The van der Waals surface area contributed by atoms with E-state index in [4.69, 9.17) is 0 Å². The van der Waals surface area contributed by atoms with Crippen LogP contribution >= 0.6 is 0 Å². The van der Waals surface area contributed by atoms with Crippen molar-refractivity contribution in [1.29, 1.82) is 0 Å². The van der Waals surface area contributed by atoms with Crippen LogP contribution in [-0.2, 0) is 0 Å². The lowest BCUT2D eigenvalue weighted by atomic mass is 10.2. The first kappa shape index (κ1) is 12.2. The fourth-order valence-electron chi connectivity index (χ4n) is 1.83. The predicted octanol–water partition coefficient (Wildman–Crippen LogP) is 1.69. The SMILES string of the molecule is Cc1cc(C)nc(NC(=O)c2c(C)n[nH]c2C)n1. The lowest BCUT2D eigenvalue weighted by Crippen LogP contribution is -2.16. The summed E-state index contributed by atoms with van der Waals surface area (Å²) in [7, 11) is 0. The molecule has 0 saturated carbocycles. The van der Waals surface area contributed by atoms with Crippen molar-refractivity contribution in [2.75, 3.05) is 5.32 Å². The zero-order valence-electron chi connectivity index (χ0n) is 10.8. The Kier molecular flexibility index (Phi) is 3.10. The summed E-state index contributed by atoms with van der Waals surface area (Å²) in [6.07, 6.45) is 0. The molecule has 0 unspecified atom stereocenters. The van der Waals surface area contributed by atoms with Crippen LogP contribution in [0.2, 0.25) is 0 Å². The van der Waals surface area contributed by atoms with Gasteiger partial charge >= 0.3 is 0 Å². The first-order chi connectivity index (χ1) is 8.47. The van der Waals surface area contributed by atoms with Crippen LogP contribution in [0.15, 0.2) is 6.07 Å². The number of hydrogen-bond donors (Lipinski definition) is 2. The molecule has 2 aromatic rings. The minimum absolute atomic E-state index is 0.247. The summed E-state index contributed by atoms with van der Waals surface area (Å²) in [6, 6.07) is 1.85. The van der Waals surface area contributed by atoms with Gasteiger partial charge in [0.1, 0.15) is 0 Å². The van der Waals surface area contributed by atoms with Crippen LogP contribution in [0.4, 0.5) is 5.95 Å². The zero-order valence-corrected chi connectivity index (χ0v) is 10.8. The summed E-state index contributed by atoms with van der Waals surface area (Å²) in [6.45, 7) is 7.30. The molecule has 6 heteroatoms. The number of rotatable bonds is 2. The molecule has 2 N–H and O–H groups in total. The molecule has 2 heterocycles. The lowest BCUT2D eigenvalue weighted by molar-refractivity contribution is 0.102. The van der Waals surface area contributed by atoms with Gasteiger partial charge in [-0.05, 0) is 33.8 Å². The van der Waals surface area contributed by atoms with E-state index in [1.807, 2.05) is 19.9 Å². The van der Waals surface area contributed by atoms with Gasteiger partial charge in [0, 0.05) is 17.1 Å². The van der Waals surface area contributed by atoms with Crippen molar-refractivity contribution >= 4 is 11.9 Å². The van der Waals surface area contributed by atoms with Gasteiger partial charge in [-0.2, -0.15) is 5.10 Å². The van der Waals surface area contributed by atoms with Crippen LogP contribution in [0.5, 0.6) is 0 Å². The fraction of sp³-hybridized carbons (Fsp3) is 0.333. The highest BCUT2D eigenvalue weighted by atomic mass is 16.1. The van der Waals surface area contributed by atoms with Crippen LogP contribution in [0.25, 0.3) is 0 Å². The van der Waals surface area contributed by atoms with Crippen LogP contribution in [0.1, 0.15) is 33.1 Å². The van der Waals surface area contributed by atoms with E-state index in [9.17, 15) is 4.79 Å². The highest BCUT2D eigenvalue weighted by molar-refractivity contribution is 6.04. The minimum Gasteiger partial charge on any atom is -0.290 e. The van der Waals surface area contributed by atoms with Crippen LogP contribution in [-0.4, -0.2) is 26.1 Å². The average Bonchev–Trinajstić information content (AvgIpc) is 2.56. The van der Waals surface area contributed by atoms with Gasteiger partial charge in [-0.3, -0.25) is 15.2 Å². The van der Waals surface area contributed by atoms with Gasteiger partial charge < -0.3 is 0 Å². The number of H-pyrrole nitrogens is 1. The Morgan fingerprint density at radius 3 is 2.28 bits per heavy atom. The van der Waals surface area contributed by atoms with E-state index in [1.165, 1.54) is 0 Å². The Balaban J connectivity index is 2.27. The Morgan fingerprint density at radius 1 is 1.17 bits per heavy atom. The maximum atomic E-state index is 12.1. The third-order valence-corrected chi connectivity index (χ3v) is 2.56. The van der Waals surface area contributed by atoms with Crippen LogP contribution < -0.4 is 5.32 Å². The lowest BCUT2D eigenvalue weighted by Gasteiger charge is -2.05. The molecule has 0 radical (unpaired) electrons. The second kappa shape index (κ2) is 4.56. The van der Waals surface area contributed by atoms with E-state index in [-0.39, 0.29) is 5.91 Å². The second-order valence-corrected chi connectivity index (χ2v) is 4.24. The van der Waals surface area contributed by atoms with Crippen LogP contribution in [0.3, 0.4) is 0 Å². The van der Waals surface area contributed by atoms with Crippen molar-refractivity contribution in [1.82, 2.24) is 20.2 Å². The third-order valence-electron chi connectivity index (χ3n) is 2.56. The molecule has 0 aromatic carbocycles. The fourth-order valence-corrected chi connectivity index (χ4v) is 1.83. The van der Waals surface area contributed by atoms with E-state index >= 15 is 0 Å². The van der Waals surface area contributed by atoms with E-state index in [2.05, 4.69) is 25.5 Å². The molecule has 0 aliphatic carbocycles. The monoisotopic (exact) mass is 245 g/mol. The Labute approximate surface area is 105 Å². The van der Waals surface area contributed by atoms with Crippen molar-refractivity contribution in [3.8, 4) is 0 Å². The number of aryl methyl sites for hydroxylation is 4. The normalized spacial score (nSPS) is 10.4. The van der Waals surface area contributed by atoms with E-state index in [0.717, 1.165) is 17.1 Å². The maximum Gasteiger partial charge on any atom is 0.261 e. The topological polar surface area (TPSA) is 83.6 Å². The third kappa shape index (κ3) is 2.37. The molecule has 0 spiro atoms. The van der Waals surface area contributed by atoms with Gasteiger partial charge in [-0.1, -0.05) is 0 Å². The summed E-state index contributed by atoms with van der Waals surface area (Å²) in [5.74, 6) is 0.0706. The zero-order chi connectivity index (χ0) is 13.3. The molecule has 0 aliphatic rings. The number of nitrogens with one attached hydrogen (secondary N) is 2. The first-order valence-electron chi connectivity index (χ1n) is 5.62. The molecule has 94 valence electrons. The Morgan fingerprint density at radius 2 is 1.78 bits per heavy atom. The Hall–Kier alpha value is -2.24. The first-order valence-corrected chi connectivity index (χ1v) is 5.62. The number of anilines is 1. The number of amides is 1. The molecule has 2 rings (SSSR count). The van der Waals surface area contributed by atoms with Gasteiger partial charge in [-0.15, -0.1) is 0 Å². The summed E-state index contributed by atoms with van der Waals surface area (Å²) in [5.41, 5.74) is 3.57. The van der Waals surface area contributed by atoms with Crippen molar-refractivity contribution in [2.45, 2.75) is 27.7 Å². The highest BCUT2D eigenvalue weighted by Crippen LogP contribution is 2.12. The van der Waals surface area contributed by atoms with Crippen molar-refractivity contribution in [3.05, 3.63) is 34.4 Å². The minimum atomic E-state index is -0.247. The Bertz CT molecular complexity index is 563. The standard InChI is InChI=1S/C12H15N5O/c1-6-5-7(2)14-12(13-6)15-11(18)10-8(3)16-17-9(10)4/h5H,1-4H3,(H,16,17)(H,13,14,15,18). The van der Waals surface area contributed by atoms with Gasteiger partial charge in [0.15, 0.2) is 0 Å². The smallest absolute Gasteiger partial charge is 0.261 e. The molecule has 1 amide bonds. The molecule has 0 bridgehead atoms. The van der Waals surface area contributed by atoms with Crippen molar-refractivity contribution < 1.29 is 4.79 Å². The van der Waals surface area contributed by atoms with Gasteiger partial charge in [0.25, 0.3) is 5.91 Å². The molecule has 6 nitrogen and oxygen atoms in total. The van der Waals surface area contributed by atoms with Crippen LogP contribution in [0, 0.1) is 27.7 Å². The quantitative estimate of drug-likeness (QED) is 0.843. The number of hydrogen-bond acceptors (Lipinski definition) is 4. The summed E-state index contributed by atoms with van der Waals surface area (Å²) in [4.78, 5) is 20.4. The molecule has 0 saturated heterocycles. The molecular formula is C12H15N5O. The van der Waals surface area contributed by atoms with Crippen molar-refractivity contribution in [2.24, 2.45) is 0 Å². The summed E-state index contributed by atoms with van der Waals surface area (Å²) >= 11 is 0. The number of nitrogens with zero attached hydrogens (tertiary/aromatic N) is 3. The van der Waals surface area contributed by atoms with E-state index in [0.29, 0.717) is 17.2 Å². The number of carbonyl (C=O) groups is 1. The summed E-state index contributed by atoms with van der Waals surface area (Å²) in [5, 5.41) is 9.45. The largest absolute Gasteiger partial charge is 0.290 e. The molecule has 0 atom stereocenters. The maximum absolute atomic E-state index is 12.1. The van der Waals surface area contributed by atoms with Gasteiger partial charge in [0.2, 0.25) is 5.95 Å². The second-order valence-electron chi connectivity index (χ2n) is 4.24. The molecule has 2 aromatic heterocycles. The van der Waals surface area contributed by atoms with E-state index < -0.39 is 0 Å². The number of aromatic amines is 1. The van der Waals surface area contributed by atoms with Gasteiger partial charge in [-0.25, -0.2) is 9.97 Å².